The van der Waals surface area contributed by atoms with E-state index in [0.29, 0.717) is 6.54 Å². The van der Waals surface area contributed by atoms with Gasteiger partial charge in [-0.1, -0.05) is 6.07 Å². The monoisotopic (exact) mass is 228 g/mol. The molecule has 0 radical (unpaired) electrons. The first-order valence-corrected chi connectivity index (χ1v) is 5.54. The average molecular weight is 228 g/mol. The molecule has 0 aliphatic heterocycles. The summed E-state index contributed by atoms with van der Waals surface area (Å²) in [5.74, 6) is 0. The van der Waals surface area contributed by atoms with Crippen molar-refractivity contribution in [3.8, 4) is 0 Å². The second kappa shape index (κ2) is 5.41. The van der Waals surface area contributed by atoms with Gasteiger partial charge in [0.05, 0.1) is 0 Å². The van der Waals surface area contributed by atoms with Gasteiger partial charge in [-0.2, -0.15) is 0 Å². The predicted molar refractivity (Wildman–Crippen MR) is 68.5 cm³/mol. The maximum atomic E-state index is 5.70. The Bertz CT molecular complexity index is 470. The molecule has 0 saturated heterocycles. The number of nitrogens with two attached hydrogens (primary N) is 1. The van der Waals surface area contributed by atoms with Crippen molar-refractivity contribution in [3.63, 3.8) is 0 Å². The lowest BCUT2D eigenvalue weighted by molar-refractivity contribution is 0.893. The van der Waals surface area contributed by atoms with Crippen LogP contribution >= 0.6 is 0 Å². The normalized spacial score (nSPS) is 10.2. The van der Waals surface area contributed by atoms with E-state index in [0.717, 1.165) is 17.8 Å². The molecule has 0 bridgehead atoms. The van der Waals surface area contributed by atoms with Gasteiger partial charge in [0.1, 0.15) is 0 Å². The molecule has 4 nitrogen and oxygen atoms in total. The third-order valence-electron chi connectivity index (χ3n) is 2.65. The fraction of sp³-hybridized carbons (Fsp3) is 0.231. The lowest BCUT2D eigenvalue weighted by atomic mass is 10.2. The van der Waals surface area contributed by atoms with Crippen LogP contribution in [-0.4, -0.2) is 17.0 Å². The smallest absolute Gasteiger partial charge is 0.0443 e. The number of nitrogens with zero attached hydrogens (tertiary/aromatic N) is 3. The summed E-state index contributed by atoms with van der Waals surface area (Å²) in [6.45, 7) is 1.31. The Kier molecular flexibility index (Phi) is 3.67. The lowest BCUT2D eigenvalue weighted by Gasteiger charge is -2.21. The zero-order valence-electron chi connectivity index (χ0n) is 9.87. The van der Waals surface area contributed by atoms with Gasteiger partial charge in [0.2, 0.25) is 0 Å². The molecule has 2 aromatic rings. The molecule has 0 aliphatic rings. The maximum absolute atomic E-state index is 5.70. The zero-order chi connectivity index (χ0) is 12.1. The average Bonchev–Trinajstić information content (AvgIpc) is 2.40. The summed E-state index contributed by atoms with van der Waals surface area (Å²) in [5.41, 5.74) is 9.05. The van der Waals surface area contributed by atoms with Crippen molar-refractivity contribution in [1.29, 1.82) is 0 Å². The standard InChI is InChI=1S/C13H16N4/c1-17(10-11-3-2-5-15-8-11)13-4-6-16-9-12(13)7-14/h2-6,8-9H,7,10,14H2,1H3. The molecular weight excluding hydrogens is 212 g/mol. The molecule has 0 spiro atoms. The minimum Gasteiger partial charge on any atom is -0.370 e. The fourth-order valence-electron chi connectivity index (χ4n) is 1.80. The van der Waals surface area contributed by atoms with E-state index in [2.05, 4.69) is 20.9 Å². The highest BCUT2D eigenvalue weighted by Crippen LogP contribution is 2.19. The first-order chi connectivity index (χ1) is 8.31. The van der Waals surface area contributed by atoms with Gasteiger partial charge in [0.25, 0.3) is 0 Å². The van der Waals surface area contributed by atoms with Crippen molar-refractivity contribution >= 4 is 5.69 Å². The molecule has 0 aliphatic carbocycles. The first kappa shape index (κ1) is 11.5. The predicted octanol–water partition coefficient (Wildman–Crippen LogP) is 1.57. The Morgan fingerprint density at radius 2 is 2.00 bits per heavy atom. The number of hydrogen-bond donors (Lipinski definition) is 1. The highest BCUT2D eigenvalue weighted by molar-refractivity contribution is 5.51. The van der Waals surface area contributed by atoms with Crippen molar-refractivity contribution < 1.29 is 0 Å². The summed E-state index contributed by atoms with van der Waals surface area (Å²) >= 11 is 0. The Labute approximate surface area is 101 Å². The summed E-state index contributed by atoms with van der Waals surface area (Å²) in [7, 11) is 2.04. The minimum absolute atomic E-state index is 0.501. The van der Waals surface area contributed by atoms with Gasteiger partial charge in [-0.3, -0.25) is 9.97 Å². The Morgan fingerprint density at radius 3 is 2.71 bits per heavy atom. The topological polar surface area (TPSA) is 55.0 Å². The SMILES string of the molecule is CN(Cc1cccnc1)c1ccncc1CN. The summed E-state index contributed by atoms with van der Waals surface area (Å²) in [4.78, 5) is 10.4. The van der Waals surface area contributed by atoms with E-state index in [9.17, 15) is 0 Å². The van der Waals surface area contributed by atoms with E-state index < -0.39 is 0 Å². The fourth-order valence-corrected chi connectivity index (χ4v) is 1.80. The highest BCUT2D eigenvalue weighted by Gasteiger charge is 2.06. The van der Waals surface area contributed by atoms with Crippen LogP contribution in [0, 0.1) is 0 Å². The molecular formula is C13H16N4. The third kappa shape index (κ3) is 2.79. The number of rotatable bonds is 4. The number of hydrogen-bond acceptors (Lipinski definition) is 4. The zero-order valence-corrected chi connectivity index (χ0v) is 9.87. The van der Waals surface area contributed by atoms with Crippen molar-refractivity contribution in [3.05, 3.63) is 54.1 Å². The van der Waals surface area contributed by atoms with E-state index in [1.54, 1.807) is 12.4 Å². The summed E-state index contributed by atoms with van der Waals surface area (Å²) in [5, 5.41) is 0. The first-order valence-electron chi connectivity index (χ1n) is 5.54. The van der Waals surface area contributed by atoms with Crippen LogP contribution < -0.4 is 10.6 Å². The van der Waals surface area contributed by atoms with Gasteiger partial charge in [0.15, 0.2) is 0 Å². The van der Waals surface area contributed by atoms with Gasteiger partial charge in [-0.25, -0.2) is 0 Å². The van der Waals surface area contributed by atoms with Gasteiger partial charge in [-0.05, 0) is 17.7 Å². The van der Waals surface area contributed by atoms with Crippen LogP contribution in [0.5, 0.6) is 0 Å². The second-order valence-electron chi connectivity index (χ2n) is 3.93. The molecule has 0 aromatic carbocycles. The van der Waals surface area contributed by atoms with E-state index >= 15 is 0 Å². The molecule has 0 amide bonds. The van der Waals surface area contributed by atoms with Crippen molar-refractivity contribution in [2.24, 2.45) is 5.73 Å². The summed E-state index contributed by atoms with van der Waals surface area (Å²) in [6.07, 6.45) is 7.25. The summed E-state index contributed by atoms with van der Waals surface area (Å²) < 4.78 is 0. The minimum atomic E-state index is 0.501. The number of anilines is 1. The van der Waals surface area contributed by atoms with Gasteiger partial charge < -0.3 is 10.6 Å². The molecule has 17 heavy (non-hydrogen) atoms. The Hall–Kier alpha value is -1.94. The van der Waals surface area contributed by atoms with Crippen LogP contribution in [0.15, 0.2) is 43.0 Å². The van der Waals surface area contributed by atoms with Crippen LogP contribution in [-0.2, 0) is 13.1 Å². The van der Waals surface area contributed by atoms with Crippen LogP contribution in [0.1, 0.15) is 11.1 Å². The maximum Gasteiger partial charge on any atom is 0.0443 e. The molecule has 88 valence electrons. The van der Waals surface area contributed by atoms with Crippen molar-refractivity contribution in [2.45, 2.75) is 13.1 Å². The molecule has 2 aromatic heterocycles. The lowest BCUT2D eigenvalue weighted by Crippen LogP contribution is -2.19. The van der Waals surface area contributed by atoms with E-state index in [-0.39, 0.29) is 0 Å². The second-order valence-corrected chi connectivity index (χ2v) is 3.93. The van der Waals surface area contributed by atoms with Crippen LogP contribution in [0.25, 0.3) is 0 Å². The molecule has 0 unspecified atom stereocenters. The third-order valence-corrected chi connectivity index (χ3v) is 2.65. The van der Waals surface area contributed by atoms with E-state index in [1.165, 1.54) is 5.56 Å². The quantitative estimate of drug-likeness (QED) is 0.863. The Morgan fingerprint density at radius 1 is 1.18 bits per heavy atom. The molecule has 4 heteroatoms. The molecule has 0 fully saturated rings. The van der Waals surface area contributed by atoms with E-state index in [1.807, 2.05) is 31.6 Å². The van der Waals surface area contributed by atoms with Gasteiger partial charge >= 0.3 is 0 Å². The number of aromatic nitrogens is 2. The van der Waals surface area contributed by atoms with Crippen molar-refractivity contribution in [1.82, 2.24) is 9.97 Å². The molecule has 0 atom stereocenters. The van der Waals surface area contributed by atoms with Crippen LogP contribution in [0.2, 0.25) is 0 Å². The van der Waals surface area contributed by atoms with Crippen LogP contribution in [0.3, 0.4) is 0 Å². The largest absolute Gasteiger partial charge is 0.370 e. The molecule has 2 N–H and O–H groups in total. The van der Waals surface area contributed by atoms with E-state index in [4.69, 9.17) is 5.73 Å². The van der Waals surface area contributed by atoms with Gasteiger partial charge in [0, 0.05) is 56.2 Å². The van der Waals surface area contributed by atoms with Gasteiger partial charge in [-0.15, -0.1) is 0 Å². The molecule has 2 rings (SSSR count). The summed E-state index contributed by atoms with van der Waals surface area (Å²) in [6, 6.07) is 5.99. The Balaban J connectivity index is 2.17. The van der Waals surface area contributed by atoms with Crippen molar-refractivity contribution in [2.75, 3.05) is 11.9 Å². The number of pyridine rings is 2. The highest BCUT2D eigenvalue weighted by atomic mass is 15.1. The van der Waals surface area contributed by atoms with Crippen LogP contribution in [0.4, 0.5) is 5.69 Å². The molecule has 2 heterocycles. The molecule has 0 saturated carbocycles.